The van der Waals surface area contributed by atoms with Crippen LogP contribution in [-0.2, 0) is 14.8 Å². The first kappa shape index (κ1) is 17.4. The number of benzene rings is 2. The van der Waals surface area contributed by atoms with Gasteiger partial charge in [-0.15, -0.1) is 0 Å². The third kappa shape index (κ3) is 3.80. The molecule has 0 bridgehead atoms. The lowest BCUT2D eigenvalue weighted by atomic mass is 10.3. The molecule has 8 heteroatoms. The lowest BCUT2D eigenvalue weighted by Gasteiger charge is -2.17. The minimum atomic E-state index is -3.67. The fourth-order valence-corrected chi connectivity index (χ4v) is 4.18. The summed E-state index contributed by atoms with van der Waals surface area (Å²) >= 11 is 9.12. The summed E-state index contributed by atoms with van der Waals surface area (Å²) in [6.45, 7) is 0.288. The van der Waals surface area contributed by atoms with Gasteiger partial charge in [0, 0.05) is 34.2 Å². The molecular weight excluding hydrogens is 416 g/mol. The summed E-state index contributed by atoms with van der Waals surface area (Å²) in [5, 5.41) is 0.581. The number of amides is 1. The minimum absolute atomic E-state index is 0.123. The van der Waals surface area contributed by atoms with Crippen LogP contribution in [0.1, 0.15) is 6.42 Å². The predicted molar refractivity (Wildman–Crippen MR) is 96.7 cm³/mol. The number of anilines is 1. The van der Waals surface area contributed by atoms with Crippen molar-refractivity contribution in [2.45, 2.75) is 17.4 Å². The van der Waals surface area contributed by atoms with Gasteiger partial charge in [0.1, 0.15) is 0 Å². The van der Waals surface area contributed by atoms with Crippen LogP contribution in [0.5, 0.6) is 0 Å². The molecule has 1 saturated heterocycles. The van der Waals surface area contributed by atoms with Gasteiger partial charge in [-0.3, -0.25) is 4.79 Å². The molecule has 1 N–H and O–H groups in total. The topological polar surface area (TPSA) is 66.5 Å². The van der Waals surface area contributed by atoms with E-state index in [-0.39, 0.29) is 23.8 Å². The molecule has 0 aromatic heterocycles. The first-order valence-electron chi connectivity index (χ1n) is 7.19. The van der Waals surface area contributed by atoms with E-state index in [1.54, 1.807) is 41.3 Å². The number of sulfonamides is 1. The lowest BCUT2D eigenvalue weighted by Crippen LogP contribution is -2.37. The summed E-state index contributed by atoms with van der Waals surface area (Å²) in [4.78, 5) is 13.9. The zero-order valence-electron chi connectivity index (χ0n) is 12.4. The molecule has 1 aliphatic rings. The Morgan fingerprint density at radius 3 is 2.33 bits per heavy atom. The van der Waals surface area contributed by atoms with E-state index >= 15 is 0 Å². The highest BCUT2D eigenvalue weighted by atomic mass is 79.9. The molecule has 24 heavy (non-hydrogen) atoms. The van der Waals surface area contributed by atoms with Crippen molar-refractivity contribution < 1.29 is 13.2 Å². The molecule has 0 aliphatic carbocycles. The van der Waals surface area contributed by atoms with Crippen LogP contribution in [0.3, 0.4) is 0 Å². The van der Waals surface area contributed by atoms with Crippen molar-refractivity contribution in [1.82, 2.24) is 4.72 Å². The SMILES string of the molecule is O=C1CC(NS(=O)(=O)c2ccc(Br)cc2)CN1c1ccc(Cl)cc1. The third-order valence-corrected chi connectivity index (χ3v) is 6.03. The number of rotatable bonds is 4. The van der Waals surface area contributed by atoms with Crippen molar-refractivity contribution in [1.29, 1.82) is 0 Å². The fourth-order valence-electron chi connectivity index (χ4n) is 2.56. The summed E-state index contributed by atoms with van der Waals surface area (Å²) in [5.41, 5.74) is 0.703. The maximum Gasteiger partial charge on any atom is 0.240 e. The van der Waals surface area contributed by atoms with E-state index in [4.69, 9.17) is 11.6 Å². The van der Waals surface area contributed by atoms with E-state index in [2.05, 4.69) is 20.7 Å². The quantitative estimate of drug-likeness (QED) is 0.812. The minimum Gasteiger partial charge on any atom is -0.311 e. The van der Waals surface area contributed by atoms with Crippen molar-refractivity contribution in [2.24, 2.45) is 0 Å². The van der Waals surface area contributed by atoms with Crippen LogP contribution in [0, 0.1) is 0 Å². The van der Waals surface area contributed by atoms with Crippen LogP contribution in [0.15, 0.2) is 57.9 Å². The molecule has 2 aromatic carbocycles. The largest absolute Gasteiger partial charge is 0.311 e. The molecule has 0 spiro atoms. The standard InChI is InChI=1S/C16H14BrClN2O3S/c17-11-1-7-15(8-2-11)24(22,23)19-13-9-16(21)20(10-13)14-5-3-12(18)4-6-14/h1-8,13,19H,9-10H2. The van der Waals surface area contributed by atoms with E-state index in [1.807, 2.05) is 0 Å². The molecule has 0 saturated carbocycles. The third-order valence-electron chi connectivity index (χ3n) is 3.71. The summed E-state index contributed by atoms with van der Waals surface area (Å²) in [5.74, 6) is -0.124. The van der Waals surface area contributed by atoms with Gasteiger partial charge >= 0.3 is 0 Å². The number of carbonyl (C=O) groups excluding carboxylic acids is 1. The second kappa shape index (κ2) is 6.84. The summed E-state index contributed by atoms with van der Waals surface area (Å²) in [6.07, 6.45) is 0.123. The van der Waals surface area contributed by atoms with E-state index in [0.29, 0.717) is 10.7 Å². The number of hydrogen-bond acceptors (Lipinski definition) is 3. The predicted octanol–water partition coefficient (Wildman–Crippen LogP) is 3.19. The first-order valence-corrected chi connectivity index (χ1v) is 9.84. The van der Waals surface area contributed by atoms with E-state index in [0.717, 1.165) is 4.47 Å². The molecule has 2 aromatic rings. The molecule has 3 rings (SSSR count). The smallest absolute Gasteiger partial charge is 0.240 e. The van der Waals surface area contributed by atoms with E-state index < -0.39 is 16.1 Å². The summed E-state index contributed by atoms with van der Waals surface area (Å²) in [6, 6.07) is 12.8. The lowest BCUT2D eigenvalue weighted by molar-refractivity contribution is -0.117. The van der Waals surface area contributed by atoms with Crippen LogP contribution in [-0.4, -0.2) is 26.9 Å². The molecule has 5 nitrogen and oxygen atoms in total. The monoisotopic (exact) mass is 428 g/mol. The summed E-state index contributed by atoms with van der Waals surface area (Å²) in [7, 11) is -3.67. The molecular formula is C16H14BrClN2O3S. The van der Waals surface area contributed by atoms with Crippen LogP contribution in [0.4, 0.5) is 5.69 Å². The van der Waals surface area contributed by atoms with Crippen molar-refractivity contribution in [3.05, 3.63) is 58.0 Å². The Kier molecular flexibility index (Phi) is 4.96. The Bertz CT molecular complexity index is 854. The highest BCUT2D eigenvalue weighted by Crippen LogP contribution is 2.24. The Morgan fingerprint density at radius 2 is 1.71 bits per heavy atom. The number of nitrogens with zero attached hydrogens (tertiary/aromatic N) is 1. The zero-order valence-corrected chi connectivity index (χ0v) is 15.6. The molecule has 1 unspecified atom stereocenters. The van der Waals surface area contributed by atoms with Gasteiger partial charge in [-0.1, -0.05) is 27.5 Å². The van der Waals surface area contributed by atoms with Gasteiger partial charge in [-0.25, -0.2) is 13.1 Å². The van der Waals surface area contributed by atoms with Gasteiger partial charge in [0.05, 0.1) is 4.90 Å². The average molecular weight is 430 g/mol. The Balaban J connectivity index is 1.74. The average Bonchev–Trinajstić information content (AvgIpc) is 2.88. The number of carbonyl (C=O) groups is 1. The van der Waals surface area contributed by atoms with Gasteiger partial charge in [0.15, 0.2) is 0 Å². The van der Waals surface area contributed by atoms with Crippen molar-refractivity contribution >= 4 is 49.1 Å². The Hall–Kier alpha value is -1.41. The second-order valence-electron chi connectivity index (χ2n) is 5.46. The molecule has 126 valence electrons. The number of hydrogen-bond donors (Lipinski definition) is 1. The number of nitrogens with one attached hydrogen (secondary N) is 1. The first-order chi connectivity index (χ1) is 11.3. The van der Waals surface area contributed by atoms with Gasteiger partial charge in [-0.05, 0) is 48.5 Å². The highest BCUT2D eigenvalue weighted by molar-refractivity contribution is 9.10. The zero-order chi connectivity index (χ0) is 17.3. The van der Waals surface area contributed by atoms with E-state index in [9.17, 15) is 13.2 Å². The maximum absolute atomic E-state index is 12.4. The normalized spacial score (nSPS) is 18.2. The van der Waals surface area contributed by atoms with Gasteiger partial charge in [-0.2, -0.15) is 0 Å². The molecule has 1 atom stereocenters. The highest BCUT2D eigenvalue weighted by Gasteiger charge is 2.33. The Labute approximate surface area is 153 Å². The maximum atomic E-state index is 12.4. The summed E-state index contributed by atoms with van der Waals surface area (Å²) < 4.78 is 28.2. The number of halogens is 2. The van der Waals surface area contributed by atoms with Gasteiger partial charge in [0.25, 0.3) is 0 Å². The second-order valence-corrected chi connectivity index (χ2v) is 8.52. The van der Waals surface area contributed by atoms with Crippen molar-refractivity contribution in [3.63, 3.8) is 0 Å². The van der Waals surface area contributed by atoms with Crippen LogP contribution < -0.4 is 9.62 Å². The van der Waals surface area contributed by atoms with E-state index in [1.165, 1.54) is 12.1 Å². The molecule has 1 heterocycles. The Morgan fingerprint density at radius 1 is 1.08 bits per heavy atom. The fraction of sp³-hybridized carbons (Fsp3) is 0.188. The van der Waals surface area contributed by atoms with Crippen molar-refractivity contribution in [2.75, 3.05) is 11.4 Å². The van der Waals surface area contributed by atoms with Crippen molar-refractivity contribution in [3.8, 4) is 0 Å². The van der Waals surface area contributed by atoms with Crippen LogP contribution >= 0.6 is 27.5 Å². The van der Waals surface area contributed by atoms with Gasteiger partial charge < -0.3 is 4.90 Å². The molecule has 1 fully saturated rings. The molecule has 1 amide bonds. The van der Waals surface area contributed by atoms with Crippen LogP contribution in [0.25, 0.3) is 0 Å². The molecule has 0 radical (unpaired) electrons. The molecule has 1 aliphatic heterocycles. The van der Waals surface area contributed by atoms with Gasteiger partial charge in [0.2, 0.25) is 15.9 Å². The van der Waals surface area contributed by atoms with Crippen LogP contribution in [0.2, 0.25) is 5.02 Å².